The van der Waals surface area contributed by atoms with Crippen molar-refractivity contribution in [3.8, 4) is 5.75 Å². The summed E-state index contributed by atoms with van der Waals surface area (Å²) in [6.45, 7) is 0. The zero-order valence-electron chi connectivity index (χ0n) is 11.4. The second kappa shape index (κ2) is 6.12. The molecule has 2 aromatic carbocycles. The third-order valence-corrected chi connectivity index (χ3v) is 4.39. The van der Waals surface area contributed by atoms with Crippen LogP contribution in [0.3, 0.4) is 0 Å². The van der Waals surface area contributed by atoms with Gasteiger partial charge in [-0.3, -0.25) is 10.1 Å². The largest absolute Gasteiger partial charge is 0.497 e. The molecule has 1 aromatic heterocycles. The first-order chi connectivity index (χ1) is 10.6. The van der Waals surface area contributed by atoms with E-state index in [-0.39, 0.29) is 5.91 Å². The Labute approximate surface area is 140 Å². The van der Waals surface area contributed by atoms with E-state index in [1.165, 1.54) is 11.3 Å². The average molecular weight is 353 g/mol. The van der Waals surface area contributed by atoms with E-state index in [2.05, 4.69) is 10.3 Å². The molecule has 1 amide bonds. The van der Waals surface area contributed by atoms with Gasteiger partial charge in [-0.05, 0) is 30.3 Å². The topological polar surface area (TPSA) is 51.2 Å². The van der Waals surface area contributed by atoms with Crippen LogP contribution in [0.25, 0.3) is 10.2 Å². The number of methoxy groups -OCH3 is 1. The van der Waals surface area contributed by atoms with Gasteiger partial charge in [0.2, 0.25) is 0 Å². The number of hydrogen-bond donors (Lipinski definition) is 1. The van der Waals surface area contributed by atoms with E-state index < -0.39 is 0 Å². The summed E-state index contributed by atoms with van der Waals surface area (Å²) in [6, 6.07) is 10.3. The molecule has 7 heteroatoms. The number of anilines is 1. The Bertz CT molecular complexity index is 864. The second-order valence-corrected chi connectivity index (χ2v) is 6.31. The molecule has 0 bridgehead atoms. The quantitative estimate of drug-likeness (QED) is 0.731. The maximum atomic E-state index is 12.3. The van der Waals surface area contributed by atoms with E-state index in [0.717, 1.165) is 4.70 Å². The van der Waals surface area contributed by atoms with Crippen molar-refractivity contribution < 1.29 is 9.53 Å². The summed E-state index contributed by atoms with van der Waals surface area (Å²) in [5.74, 6) is 0.354. The minimum Gasteiger partial charge on any atom is -0.497 e. The minimum atomic E-state index is -0.264. The van der Waals surface area contributed by atoms with Crippen LogP contribution in [0.5, 0.6) is 5.75 Å². The fourth-order valence-corrected chi connectivity index (χ4v) is 3.53. The lowest BCUT2D eigenvalue weighted by atomic mass is 10.2. The van der Waals surface area contributed by atoms with Crippen LogP contribution in [0.4, 0.5) is 5.13 Å². The van der Waals surface area contributed by atoms with Crippen LogP contribution in [-0.4, -0.2) is 18.0 Å². The van der Waals surface area contributed by atoms with E-state index in [1.807, 2.05) is 0 Å². The first-order valence-electron chi connectivity index (χ1n) is 6.28. The fraction of sp³-hybridized carbons (Fsp3) is 0.0667. The van der Waals surface area contributed by atoms with Crippen molar-refractivity contribution in [1.82, 2.24) is 4.98 Å². The molecule has 0 aliphatic heterocycles. The summed E-state index contributed by atoms with van der Waals surface area (Å²) in [7, 11) is 1.55. The first kappa shape index (κ1) is 15.1. The normalized spacial score (nSPS) is 10.7. The van der Waals surface area contributed by atoms with Crippen LogP contribution in [0.15, 0.2) is 36.4 Å². The Balaban J connectivity index is 1.89. The van der Waals surface area contributed by atoms with Crippen LogP contribution < -0.4 is 10.1 Å². The van der Waals surface area contributed by atoms with Gasteiger partial charge in [0.25, 0.3) is 5.91 Å². The van der Waals surface area contributed by atoms with E-state index >= 15 is 0 Å². The van der Waals surface area contributed by atoms with Crippen molar-refractivity contribution in [3.63, 3.8) is 0 Å². The lowest BCUT2D eigenvalue weighted by Gasteiger charge is -2.03. The standard InChI is InChI=1S/C15H10Cl2N2O2S/c1-21-10-4-2-3-8(5-10)14(20)19-15-18-13-11(17)6-9(16)7-12(13)22-15/h2-7H,1H3,(H,18,19,20). The zero-order valence-corrected chi connectivity index (χ0v) is 13.7. The molecule has 1 heterocycles. The Hall–Kier alpha value is -1.82. The van der Waals surface area contributed by atoms with Gasteiger partial charge in [0.15, 0.2) is 5.13 Å². The molecule has 0 atom stereocenters. The number of carbonyl (C=O) groups is 1. The molecule has 3 aromatic rings. The third kappa shape index (κ3) is 3.02. The zero-order chi connectivity index (χ0) is 15.7. The van der Waals surface area contributed by atoms with Crippen LogP contribution in [0.1, 0.15) is 10.4 Å². The number of amides is 1. The Morgan fingerprint density at radius 1 is 1.27 bits per heavy atom. The van der Waals surface area contributed by atoms with Crippen molar-refractivity contribution in [3.05, 3.63) is 52.0 Å². The lowest BCUT2D eigenvalue weighted by Crippen LogP contribution is -2.11. The van der Waals surface area contributed by atoms with Crippen LogP contribution >= 0.6 is 34.5 Å². The number of ether oxygens (including phenoxy) is 1. The molecule has 0 saturated carbocycles. The van der Waals surface area contributed by atoms with Gasteiger partial charge in [-0.25, -0.2) is 4.98 Å². The Morgan fingerprint density at radius 2 is 2.09 bits per heavy atom. The summed E-state index contributed by atoms with van der Waals surface area (Å²) < 4.78 is 5.93. The fourth-order valence-electron chi connectivity index (χ4n) is 1.94. The van der Waals surface area contributed by atoms with Crippen molar-refractivity contribution >= 4 is 55.8 Å². The highest BCUT2D eigenvalue weighted by Gasteiger charge is 2.12. The van der Waals surface area contributed by atoms with E-state index in [0.29, 0.717) is 32.0 Å². The highest BCUT2D eigenvalue weighted by molar-refractivity contribution is 7.22. The van der Waals surface area contributed by atoms with Gasteiger partial charge >= 0.3 is 0 Å². The molecule has 1 N–H and O–H groups in total. The molecule has 0 unspecified atom stereocenters. The number of carbonyl (C=O) groups excluding carboxylic acids is 1. The molecule has 3 rings (SSSR count). The third-order valence-electron chi connectivity index (χ3n) is 2.97. The lowest BCUT2D eigenvalue weighted by molar-refractivity contribution is 0.102. The molecular formula is C15H10Cl2N2O2S. The van der Waals surface area contributed by atoms with E-state index in [1.54, 1.807) is 43.5 Å². The maximum absolute atomic E-state index is 12.3. The predicted octanol–water partition coefficient (Wildman–Crippen LogP) is 4.86. The number of fused-ring (bicyclic) bond motifs is 1. The molecule has 22 heavy (non-hydrogen) atoms. The maximum Gasteiger partial charge on any atom is 0.257 e. The van der Waals surface area contributed by atoms with Gasteiger partial charge < -0.3 is 4.74 Å². The summed E-state index contributed by atoms with van der Waals surface area (Å²) in [5.41, 5.74) is 1.11. The molecule has 112 valence electrons. The van der Waals surface area contributed by atoms with Gasteiger partial charge in [0.05, 0.1) is 16.8 Å². The number of halogens is 2. The van der Waals surface area contributed by atoms with Gasteiger partial charge in [0, 0.05) is 10.6 Å². The molecule has 0 aliphatic carbocycles. The van der Waals surface area contributed by atoms with Crippen molar-refractivity contribution in [1.29, 1.82) is 0 Å². The second-order valence-electron chi connectivity index (χ2n) is 4.44. The number of nitrogens with one attached hydrogen (secondary N) is 1. The summed E-state index contributed by atoms with van der Waals surface area (Å²) >= 11 is 13.4. The van der Waals surface area contributed by atoms with Crippen molar-refractivity contribution in [2.24, 2.45) is 0 Å². The van der Waals surface area contributed by atoms with Gasteiger partial charge in [-0.1, -0.05) is 40.6 Å². The van der Waals surface area contributed by atoms with Crippen LogP contribution in [0, 0.1) is 0 Å². The Kier molecular flexibility index (Phi) is 4.20. The molecule has 0 spiro atoms. The van der Waals surface area contributed by atoms with Gasteiger partial charge in [-0.15, -0.1) is 0 Å². The molecule has 0 radical (unpaired) electrons. The SMILES string of the molecule is COc1cccc(C(=O)Nc2nc3c(Cl)cc(Cl)cc3s2)c1. The number of aromatic nitrogens is 1. The molecular weight excluding hydrogens is 343 g/mol. The summed E-state index contributed by atoms with van der Waals surface area (Å²) in [4.78, 5) is 16.6. The number of rotatable bonds is 3. The summed E-state index contributed by atoms with van der Waals surface area (Å²) in [5, 5.41) is 4.21. The molecule has 0 aliphatic rings. The number of benzene rings is 2. The smallest absolute Gasteiger partial charge is 0.257 e. The molecule has 4 nitrogen and oxygen atoms in total. The van der Waals surface area contributed by atoms with E-state index in [4.69, 9.17) is 27.9 Å². The average Bonchev–Trinajstić information content (AvgIpc) is 2.90. The highest BCUT2D eigenvalue weighted by Crippen LogP contribution is 2.33. The molecule has 0 saturated heterocycles. The monoisotopic (exact) mass is 352 g/mol. The van der Waals surface area contributed by atoms with E-state index in [9.17, 15) is 4.79 Å². The van der Waals surface area contributed by atoms with Crippen molar-refractivity contribution in [2.45, 2.75) is 0 Å². The number of nitrogens with zero attached hydrogens (tertiary/aromatic N) is 1. The van der Waals surface area contributed by atoms with Crippen LogP contribution in [-0.2, 0) is 0 Å². The number of thiazole rings is 1. The van der Waals surface area contributed by atoms with Crippen molar-refractivity contribution in [2.75, 3.05) is 12.4 Å². The predicted molar refractivity (Wildman–Crippen MR) is 90.6 cm³/mol. The first-order valence-corrected chi connectivity index (χ1v) is 7.85. The highest BCUT2D eigenvalue weighted by atomic mass is 35.5. The number of hydrogen-bond acceptors (Lipinski definition) is 4. The van der Waals surface area contributed by atoms with Gasteiger partial charge in [0.1, 0.15) is 11.3 Å². The van der Waals surface area contributed by atoms with Crippen LogP contribution in [0.2, 0.25) is 10.0 Å². The summed E-state index contributed by atoms with van der Waals surface area (Å²) in [6.07, 6.45) is 0. The molecule has 0 fully saturated rings. The minimum absolute atomic E-state index is 0.264. The Morgan fingerprint density at radius 3 is 2.86 bits per heavy atom. The van der Waals surface area contributed by atoms with Gasteiger partial charge in [-0.2, -0.15) is 0 Å².